The number of halogens is 1. The second-order valence-corrected chi connectivity index (χ2v) is 6.30. The highest BCUT2D eigenvalue weighted by Crippen LogP contribution is 2.46. The molecule has 0 saturated heterocycles. The minimum atomic E-state index is 0.0685. The number of benzene rings is 1. The van der Waals surface area contributed by atoms with Gasteiger partial charge in [0.15, 0.2) is 0 Å². The van der Waals surface area contributed by atoms with Gasteiger partial charge in [0.1, 0.15) is 0 Å². The average molecular weight is 252 g/mol. The van der Waals surface area contributed by atoms with Crippen LogP contribution in [0.25, 0.3) is 0 Å². The molecule has 0 spiro atoms. The molecule has 0 heterocycles. The van der Waals surface area contributed by atoms with Crippen molar-refractivity contribution >= 4 is 11.6 Å². The molecule has 2 rings (SSSR count). The zero-order valence-corrected chi connectivity index (χ0v) is 11.5. The first-order valence-corrected chi connectivity index (χ1v) is 6.90. The summed E-state index contributed by atoms with van der Waals surface area (Å²) in [7, 11) is 0. The van der Waals surface area contributed by atoms with E-state index >= 15 is 0 Å². The SMILES string of the molecule is CC1(C)CCCCC1C(N)c1ccccc1Cl. The maximum absolute atomic E-state index is 6.46. The molecule has 94 valence electrons. The van der Waals surface area contributed by atoms with Gasteiger partial charge in [-0.25, -0.2) is 0 Å². The van der Waals surface area contributed by atoms with Crippen LogP contribution in [0.3, 0.4) is 0 Å². The summed E-state index contributed by atoms with van der Waals surface area (Å²) in [6, 6.07) is 8.06. The number of rotatable bonds is 2. The first kappa shape index (κ1) is 12.9. The van der Waals surface area contributed by atoms with Crippen molar-refractivity contribution in [1.82, 2.24) is 0 Å². The second kappa shape index (κ2) is 4.99. The summed E-state index contributed by atoms with van der Waals surface area (Å²) in [6.45, 7) is 4.68. The Kier molecular flexibility index (Phi) is 3.79. The number of nitrogens with two attached hydrogens (primary N) is 1. The van der Waals surface area contributed by atoms with Gasteiger partial charge in [0, 0.05) is 11.1 Å². The fourth-order valence-electron chi connectivity index (χ4n) is 3.15. The van der Waals surface area contributed by atoms with E-state index in [9.17, 15) is 0 Å². The van der Waals surface area contributed by atoms with Crippen molar-refractivity contribution in [3.8, 4) is 0 Å². The third-order valence-corrected chi connectivity index (χ3v) is 4.63. The van der Waals surface area contributed by atoms with Crippen molar-refractivity contribution in [2.75, 3.05) is 0 Å². The third kappa shape index (κ3) is 2.66. The molecule has 0 aliphatic heterocycles. The van der Waals surface area contributed by atoms with Gasteiger partial charge in [-0.05, 0) is 35.8 Å². The molecule has 2 heteroatoms. The van der Waals surface area contributed by atoms with E-state index in [1.54, 1.807) is 0 Å². The molecule has 1 saturated carbocycles. The standard InChI is InChI=1S/C15H22ClN/c1-15(2)10-6-5-8-12(15)14(17)11-7-3-4-9-13(11)16/h3-4,7,9,12,14H,5-6,8,10,17H2,1-2H3. The molecule has 1 fully saturated rings. The molecule has 0 amide bonds. The zero-order valence-electron chi connectivity index (χ0n) is 10.7. The lowest BCUT2D eigenvalue weighted by molar-refractivity contribution is 0.113. The topological polar surface area (TPSA) is 26.0 Å². The molecule has 1 aliphatic carbocycles. The molecule has 1 aromatic carbocycles. The Bertz CT molecular complexity index is 386. The van der Waals surface area contributed by atoms with Gasteiger partial charge in [0.25, 0.3) is 0 Å². The Morgan fingerprint density at radius 3 is 2.65 bits per heavy atom. The average Bonchev–Trinajstić information content (AvgIpc) is 2.28. The van der Waals surface area contributed by atoms with E-state index in [4.69, 9.17) is 17.3 Å². The predicted molar refractivity (Wildman–Crippen MR) is 74.1 cm³/mol. The Hall–Kier alpha value is -0.530. The normalized spacial score (nSPS) is 25.5. The predicted octanol–water partition coefficient (Wildman–Crippen LogP) is 4.56. The highest BCUT2D eigenvalue weighted by atomic mass is 35.5. The van der Waals surface area contributed by atoms with Gasteiger partial charge >= 0.3 is 0 Å². The van der Waals surface area contributed by atoms with Crippen molar-refractivity contribution in [2.45, 2.75) is 45.6 Å². The van der Waals surface area contributed by atoms with Crippen LogP contribution in [0.5, 0.6) is 0 Å². The van der Waals surface area contributed by atoms with Crippen LogP contribution < -0.4 is 5.73 Å². The van der Waals surface area contributed by atoms with Gasteiger partial charge in [-0.3, -0.25) is 0 Å². The Morgan fingerprint density at radius 2 is 2.00 bits per heavy atom. The molecule has 1 aliphatic rings. The summed E-state index contributed by atoms with van der Waals surface area (Å²) >= 11 is 6.25. The molecule has 1 aromatic rings. The smallest absolute Gasteiger partial charge is 0.0453 e. The van der Waals surface area contributed by atoms with Crippen LogP contribution in [-0.4, -0.2) is 0 Å². The van der Waals surface area contributed by atoms with Gasteiger partial charge in [-0.15, -0.1) is 0 Å². The molecule has 0 radical (unpaired) electrons. The van der Waals surface area contributed by atoms with Crippen LogP contribution in [0.4, 0.5) is 0 Å². The molecule has 0 aromatic heterocycles. The quantitative estimate of drug-likeness (QED) is 0.820. The lowest BCUT2D eigenvalue weighted by Gasteiger charge is -2.42. The van der Waals surface area contributed by atoms with E-state index in [1.165, 1.54) is 25.7 Å². The van der Waals surface area contributed by atoms with Gasteiger partial charge in [0.05, 0.1) is 0 Å². The molecule has 2 N–H and O–H groups in total. The third-order valence-electron chi connectivity index (χ3n) is 4.29. The van der Waals surface area contributed by atoms with Gasteiger partial charge in [-0.2, -0.15) is 0 Å². The highest BCUT2D eigenvalue weighted by molar-refractivity contribution is 6.31. The van der Waals surface area contributed by atoms with E-state index < -0.39 is 0 Å². The van der Waals surface area contributed by atoms with E-state index in [1.807, 2.05) is 18.2 Å². The Morgan fingerprint density at radius 1 is 1.29 bits per heavy atom. The Balaban J connectivity index is 2.25. The summed E-state index contributed by atoms with van der Waals surface area (Å²) in [5.74, 6) is 0.538. The minimum absolute atomic E-state index is 0.0685. The van der Waals surface area contributed by atoms with E-state index in [0.29, 0.717) is 11.3 Å². The van der Waals surface area contributed by atoms with Crippen LogP contribution in [0.1, 0.15) is 51.1 Å². The summed E-state index contributed by atoms with van der Waals surface area (Å²) in [5, 5.41) is 0.807. The van der Waals surface area contributed by atoms with Crippen molar-refractivity contribution < 1.29 is 0 Å². The maximum atomic E-state index is 6.46. The molecule has 2 atom stereocenters. The maximum Gasteiger partial charge on any atom is 0.0453 e. The van der Waals surface area contributed by atoms with Crippen molar-refractivity contribution in [3.63, 3.8) is 0 Å². The minimum Gasteiger partial charge on any atom is -0.324 e. The first-order valence-electron chi connectivity index (χ1n) is 6.52. The molecule has 17 heavy (non-hydrogen) atoms. The van der Waals surface area contributed by atoms with Gasteiger partial charge in [0.2, 0.25) is 0 Å². The number of hydrogen-bond donors (Lipinski definition) is 1. The van der Waals surface area contributed by atoms with Crippen LogP contribution in [0, 0.1) is 11.3 Å². The lowest BCUT2D eigenvalue weighted by Crippen LogP contribution is -2.36. The van der Waals surface area contributed by atoms with Crippen LogP contribution >= 0.6 is 11.6 Å². The van der Waals surface area contributed by atoms with Gasteiger partial charge < -0.3 is 5.73 Å². The molecule has 1 nitrogen and oxygen atoms in total. The van der Waals surface area contributed by atoms with E-state index in [0.717, 1.165) is 10.6 Å². The van der Waals surface area contributed by atoms with Crippen molar-refractivity contribution in [2.24, 2.45) is 17.1 Å². The van der Waals surface area contributed by atoms with Crippen molar-refractivity contribution in [3.05, 3.63) is 34.9 Å². The largest absolute Gasteiger partial charge is 0.324 e. The molecular formula is C15H22ClN. The fourth-order valence-corrected chi connectivity index (χ4v) is 3.41. The first-order chi connectivity index (χ1) is 8.02. The lowest BCUT2D eigenvalue weighted by atomic mass is 9.65. The summed E-state index contributed by atoms with van der Waals surface area (Å²) in [6.07, 6.45) is 5.13. The monoisotopic (exact) mass is 251 g/mol. The molecular weight excluding hydrogens is 230 g/mol. The van der Waals surface area contributed by atoms with Crippen LogP contribution in [0.2, 0.25) is 5.02 Å². The fraction of sp³-hybridized carbons (Fsp3) is 0.600. The van der Waals surface area contributed by atoms with Gasteiger partial charge in [-0.1, -0.05) is 56.5 Å². The summed E-state index contributed by atoms with van der Waals surface area (Å²) in [5.41, 5.74) is 7.90. The van der Waals surface area contributed by atoms with Crippen molar-refractivity contribution in [1.29, 1.82) is 0 Å². The second-order valence-electron chi connectivity index (χ2n) is 5.89. The number of hydrogen-bond acceptors (Lipinski definition) is 1. The highest BCUT2D eigenvalue weighted by Gasteiger charge is 2.36. The zero-order chi connectivity index (χ0) is 12.5. The molecule has 2 unspecified atom stereocenters. The molecule has 0 bridgehead atoms. The van der Waals surface area contributed by atoms with E-state index in [-0.39, 0.29) is 6.04 Å². The van der Waals surface area contributed by atoms with Crippen LogP contribution in [-0.2, 0) is 0 Å². The van der Waals surface area contributed by atoms with E-state index in [2.05, 4.69) is 19.9 Å². The summed E-state index contributed by atoms with van der Waals surface area (Å²) in [4.78, 5) is 0. The summed E-state index contributed by atoms with van der Waals surface area (Å²) < 4.78 is 0. The van der Waals surface area contributed by atoms with Crippen LogP contribution in [0.15, 0.2) is 24.3 Å². The Labute approximate surface area is 109 Å².